The van der Waals surface area contributed by atoms with Crippen molar-refractivity contribution in [2.45, 2.75) is 12.8 Å². The lowest BCUT2D eigenvalue weighted by molar-refractivity contribution is 1.03. The van der Waals surface area contributed by atoms with E-state index in [2.05, 4.69) is 199 Å². The number of fused-ring (bicyclic) bond motifs is 5. The molecular formula is C54H37N3. The summed E-state index contributed by atoms with van der Waals surface area (Å²) in [7, 11) is 0. The number of hydrogen-bond donors (Lipinski definition) is 0. The Bertz CT molecular complexity index is 3190. The van der Waals surface area contributed by atoms with Gasteiger partial charge in [-0.15, -0.1) is 0 Å². The molecule has 0 saturated carbocycles. The first kappa shape index (κ1) is 33.0. The van der Waals surface area contributed by atoms with Crippen molar-refractivity contribution in [2.75, 3.05) is 0 Å². The highest BCUT2D eigenvalue weighted by atomic mass is 15.0. The summed E-state index contributed by atoms with van der Waals surface area (Å²) in [4.78, 5) is 10.1. The van der Waals surface area contributed by atoms with Crippen molar-refractivity contribution in [3.63, 3.8) is 0 Å². The molecule has 8 aromatic carbocycles. The molecule has 11 rings (SSSR count). The summed E-state index contributed by atoms with van der Waals surface area (Å²) in [5.74, 6) is 0.771. The molecule has 0 atom stereocenters. The molecule has 0 aliphatic heterocycles. The van der Waals surface area contributed by atoms with Crippen LogP contribution in [0.4, 0.5) is 0 Å². The maximum Gasteiger partial charge on any atom is 0.160 e. The van der Waals surface area contributed by atoms with Crippen LogP contribution in [0.3, 0.4) is 0 Å². The maximum absolute atomic E-state index is 5.09. The average molecular weight is 728 g/mol. The molecule has 0 unspecified atom stereocenters. The molecule has 2 aromatic heterocycles. The highest BCUT2D eigenvalue weighted by Crippen LogP contribution is 2.36. The number of hydrogen-bond acceptors (Lipinski definition) is 2. The van der Waals surface area contributed by atoms with Crippen molar-refractivity contribution in [2.24, 2.45) is 0 Å². The molecule has 1 aliphatic rings. The zero-order chi connectivity index (χ0) is 37.7. The van der Waals surface area contributed by atoms with Gasteiger partial charge in [-0.05, 0) is 111 Å². The van der Waals surface area contributed by atoms with E-state index in [4.69, 9.17) is 9.97 Å². The van der Waals surface area contributed by atoms with Crippen molar-refractivity contribution in [1.29, 1.82) is 0 Å². The van der Waals surface area contributed by atoms with Gasteiger partial charge in [0.25, 0.3) is 0 Å². The first-order valence-electron chi connectivity index (χ1n) is 19.7. The van der Waals surface area contributed by atoms with Gasteiger partial charge in [-0.2, -0.15) is 0 Å². The van der Waals surface area contributed by atoms with Gasteiger partial charge in [0.05, 0.1) is 22.4 Å². The van der Waals surface area contributed by atoms with E-state index in [1.54, 1.807) is 0 Å². The molecule has 1 aliphatic carbocycles. The SMILES string of the molecule is C1=CC(c2nc(-c3ccccc3)cc(-c3ccc4cc(-c5cccc(-c6ccc7cc(-n8c9ccccc9c9ccccc98)ccc7c6)c5)ccc4c3)n2)=CCC1. The van der Waals surface area contributed by atoms with Gasteiger partial charge in [-0.3, -0.25) is 0 Å². The second kappa shape index (κ2) is 13.7. The van der Waals surface area contributed by atoms with Crippen LogP contribution in [0.5, 0.6) is 0 Å². The molecule has 0 N–H and O–H groups in total. The van der Waals surface area contributed by atoms with E-state index >= 15 is 0 Å². The third-order valence-electron chi connectivity index (χ3n) is 11.4. The number of allylic oxidation sites excluding steroid dienone is 4. The quantitative estimate of drug-likeness (QED) is 0.171. The Kier molecular flexibility index (Phi) is 7.96. The zero-order valence-electron chi connectivity index (χ0n) is 31.3. The lowest BCUT2D eigenvalue weighted by atomic mass is 9.95. The van der Waals surface area contributed by atoms with Crippen LogP contribution in [0.15, 0.2) is 200 Å². The fourth-order valence-corrected chi connectivity index (χ4v) is 8.48. The fraction of sp³-hybridized carbons (Fsp3) is 0.0370. The average Bonchev–Trinajstić information content (AvgIpc) is 3.63. The van der Waals surface area contributed by atoms with Crippen LogP contribution in [-0.2, 0) is 0 Å². The predicted octanol–water partition coefficient (Wildman–Crippen LogP) is 14.3. The summed E-state index contributed by atoms with van der Waals surface area (Å²) in [6, 6.07) is 65.8. The minimum absolute atomic E-state index is 0.771. The van der Waals surface area contributed by atoms with Crippen LogP contribution >= 0.6 is 0 Å². The minimum Gasteiger partial charge on any atom is -0.309 e. The lowest BCUT2D eigenvalue weighted by Crippen LogP contribution is -1.99. The molecule has 3 heteroatoms. The second-order valence-electron chi connectivity index (χ2n) is 14.9. The number of rotatable bonds is 6. The first-order chi connectivity index (χ1) is 28.2. The molecule has 0 radical (unpaired) electrons. The normalized spacial score (nSPS) is 12.8. The molecular weight excluding hydrogens is 691 g/mol. The molecule has 2 heterocycles. The molecule has 3 nitrogen and oxygen atoms in total. The summed E-state index contributed by atoms with van der Waals surface area (Å²) < 4.78 is 2.38. The van der Waals surface area contributed by atoms with Gasteiger partial charge >= 0.3 is 0 Å². The van der Waals surface area contributed by atoms with Crippen molar-refractivity contribution in [3.05, 3.63) is 206 Å². The van der Waals surface area contributed by atoms with E-state index in [0.29, 0.717) is 0 Å². The van der Waals surface area contributed by atoms with E-state index in [-0.39, 0.29) is 0 Å². The topological polar surface area (TPSA) is 30.7 Å². The van der Waals surface area contributed by atoms with E-state index < -0.39 is 0 Å². The summed E-state index contributed by atoms with van der Waals surface area (Å²) in [5, 5.41) is 7.38. The highest BCUT2D eigenvalue weighted by Gasteiger charge is 2.14. The van der Waals surface area contributed by atoms with Crippen molar-refractivity contribution >= 4 is 48.9 Å². The summed E-state index contributed by atoms with van der Waals surface area (Å²) >= 11 is 0. The highest BCUT2D eigenvalue weighted by molar-refractivity contribution is 6.09. The van der Waals surface area contributed by atoms with Crippen molar-refractivity contribution < 1.29 is 0 Å². The first-order valence-corrected chi connectivity index (χ1v) is 19.7. The monoisotopic (exact) mass is 727 g/mol. The van der Waals surface area contributed by atoms with E-state index in [9.17, 15) is 0 Å². The Morgan fingerprint density at radius 1 is 0.386 bits per heavy atom. The summed E-state index contributed by atoms with van der Waals surface area (Å²) in [5.41, 5.74) is 13.5. The zero-order valence-corrected chi connectivity index (χ0v) is 31.3. The van der Waals surface area contributed by atoms with Gasteiger partial charge in [0.1, 0.15) is 0 Å². The van der Waals surface area contributed by atoms with Crippen molar-refractivity contribution in [3.8, 4) is 50.5 Å². The van der Waals surface area contributed by atoms with E-state index in [1.165, 1.54) is 71.3 Å². The third kappa shape index (κ3) is 6.01. The van der Waals surface area contributed by atoms with Crippen LogP contribution in [0.25, 0.3) is 99.4 Å². The molecule has 0 saturated heterocycles. The molecule has 268 valence electrons. The van der Waals surface area contributed by atoms with Crippen LogP contribution < -0.4 is 0 Å². The molecule has 0 fully saturated rings. The number of benzene rings is 8. The predicted molar refractivity (Wildman–Crippen MR) is 239 cm³/mol. The molecule has 0 amide bonds. The second-order valence-corrected chi connectivity index (χ2v) is 14.9. The Hall–Kier alpha value is -7.36. The van der Waals surface area contributed by atoms with E-state index in [1.807, 2.05) is 6.07 Å². The molecule has 0 bridgehead atoms. The van der Waals surface area contributed by atoms with Crippen LogP contribution in [0.1, 0.15) is 18.7 Å². The summed E-state index contributed by atoms with van der Waals surface area (Å²) in [6.45, 7) is 0. The summed E-state index contributed by atoms with van der Waals surface area (Å²) in [6.07, 6.45) is 8.67. The Morgan fingerprint density at radius 3 is 1.56 bits per heavy atom. The van der Waals surface area contributed by atoms with Gasteiger partial charge in [-0.25, -0.2) is 9.97 Å². The Labute approximate surface area is 331 Å². The number of nitrogens with zero attached hydrogens (tertiary/aromatic N) is 3. The maximum atomic E-state index is 5.09. The van der Waals surface area contributed by atoms with Gasteiger partial charge < -0.3 is 4.57 Å². The molecule has 10 aromatic rings. The van der Waals surface area contributed by atoms with Gasteiger partial charge in [0.15, 0.2) is 5.82 Å². The van der Waals surface area contributed by atoms with Crippen LogP contribution in [0, 0.1) is 0 Å². The molecule has 57 heavy (non-hydrogen) atoms. The van der Waals surface area contributed by atoms with Crippen LogP contribution in [0.2, 0.25) is 0 Å². The standard InChI is InChI=1S/C54H37N3/c1-3-12-36(13-4-1)50-35-51(56-54(55-50)37-14-5-2-6-15-37)46-27-26-42-31-40(22-23-43(42)33-46)38-16-11-17-39(30-38)41-24-25-45-34-47(29-28-44(45)32-41)57-52-20-9-7-18-48(52)49-19-8-10-21-53(49)57/h1,3-5,7-35H,2,6H2. The van der Waals surface area contributed by atoms with Crippen LogP contribution in [-0.4, -0.2) is 14.5 Å². The fourth-order valence-electron chi connectivity index (χ4n) is 8.48. The Morgan fingerprint density at radius 2 is 0.912 bits per heavy atom. The minimum atomic E-state index is 0.771. The van der Waals surface area contributed by atoms with Gasteiger partial charge in [-0.1, -0.05) is 146 Å². The number of aromatic nitrogens is 3. The lowest BCUT2D eigenvalue weighted by Gasteiger charge is -2.12. The van der Waals surface area contributed by atoms with Gasteiger partial charge in [0.2, 0.25) is 0 Å². The van der Waals surface area contributed by atoms with E-state index in [0.717, 1.165) is 46.8 Å². The van der Waals surface area contributed by atoms with Gasteiger partial charge in [0, 0.05) is 33.2 Å². The molecule has 0 spiro atoms. The van der Waals surface area contributed by atoms with Crippen molar-refractivity contribution in [1.82, 2.24) is 14.5 Å². The number of para-hydroxylation sites is 2. The smallest absolute Gasteiger partial charge is 0.160 e. The largest absolute Gasteiger partial charge is 0.309 e. The Balaban J connectivity index is 0.906. The third-order valence-corrected chi connectivity index (χ3v) is 11.4.